The Morgan fingerprint density at radius 1 is 0.974 bits per heavy atom. The zero-order chi connectivity index (χ0) is 29.1. The Hall–Kier alpha value is -3.71. The van der Waals surface area contributed by atoms with Gasteiger partial charge in [-0.15, -0.1) is 0 Å². The molecule has 14 heteroatoms. The van der Waals surface area contributed by atoms with Crippen molar-refractivity contribution in [3.8, 4) is 0 Å². The summed E-state index contributed by atoms with van der Waals surface area (Å²) in [5.41, 5.74) is 4.81. The SMILES string of the molecule is BC(=O)CNC(=O)[C@H](CCCNC(N)=O)NC(=O)C(NC(=O)C1CCC(CN2C(=O)C=CC2=O)CC1)C(C)C. The summed E-state index contributed by atoms with van der Waals surface area (Å²) < 4.78 is 0. The number of nitrogens with zero attached hydrogens (tertiary/aromatic N) is 1. The van der Waals surface area contributed by atoms with Gasteiger partial charge >= 0.3 is 6.03 Å². The van der Waals surface area contributed by atoms with Gasteiger partial charge < -0.3 is 31.8 Å². The molecule has 0 aromatic carbocycles. The molecule has 0 spiro atoms. The summed E-state index contributed by atoms with van der Waals surface area (Å²) in [6.07, 6.45) is 5.51. The quantitative estimate of drug-likeness (QED) is 0.0949. The van der Waals surface area contributed by atoms with Crippen LogP contribution in [0.4, 0.5) is 4.79 Å². The van der Waals surface area contributed by atoms with E-state index in [0.29, 0.717) is 38.6 Å². The first-order valence-electron chi connectivity index (χ1n) is 13.3. The third-order valence-electron chi connectivity index (χ3n) is 6.92. The lowest BCUT2D eigenvalue weighted by Gasteiger charge is -2.31. The van der Waals surface area contributed by atoms with E-state index in [0.717, 1.165) is 0 Å². The molecule has 0 bridgehead atoms. The molecule has 2 atom stereocenters. The topological polar surface area (TPSA) is 197 Å². The van der Waals surface area contributed by atoms with Crippen molar-refractivity contribution < 1.29 is 33.6 Å². The Bertz CT molecular complexity index is 975. The second-order valence-corrected chi connectivity index (χ2v) is 10.5. The monoisotopic (exact) mass is 546 g/mol. The van der Waals surface area contributed by atoms with Gasteiger partial charge in [0.15, 0.2) is 7.85 Å². The van der Waals surface area contributed by atoms with Gasteiger partial charge in [0.05, 0.1) is 6.54 Å². The average Bonchev–Trinajstić information content (AvgIpc) is 3.19. The van der Waals surface area contributed by atoms with Gasteiger partial charge in [-0.25, -0.2) is 4.79 Å². The number of rotatable bonds is 14. The van der Waals surface area contributed by atoms with Gasteiger partial charge in [-0.1, -0.05) is 13.8 Å². The van der Waals surface area contributed by atoms with Gasteiger partial charge in [0.25, 0.3) is 11.8 Å². The second-order valence-electron chi connectivity index (χ2n) is 10.5. The van der Waals surface area contributed by atoms with Crippen molar-refractivity contribution in [3.05, 3.63) is 12.2 Å². The van der Waals surface area contributed by atoms with E-state index in [9.17, 15) is 33.6 Å². The Balaban J connectivity index is 1.93. The molecule has 1 heterocycles. The number of urea groups is 1. The number of hydrogen-bond acceptors (Lipinski definition) is 7. The molecule has 2 aliphatic rings. The highest BCUT2D eigenvalue weighted by molar-refractivity contribution is 6.58. The fraction of sp³-hybridized carbons (Fsp3) is 0.640. The van der Waals surface area contributed by atoms with E-state index in [-0.39, 0.29) is 60.7 Å². The lowest BCUT2D eigenvalue weighted by Crippen LogP contribution is -2.56. The molecule has 0 aromatic rings. The van der Waals surface area contributed by atoms with Gasteiger partial charge in [-0.05, 0) is 50.4 Å². The van der Waals surface area contributed by atoms with Crippen LogP contribution in [-0.2, 0) is 28.8 Å². The van der Waals surface area contributed by atoms with Gasteiger partial charge in [-0.3, -0.25) is 28.9 Å². The molecule has 0 aromatic heterocycles. The molecule has 1 saturated carbocycles. The predicted octanol–water partition coefficient (Wildman–Crippen LogP) is -1.93. The van der Waals surface area contributed by atoms with Crippen molar-refractivity contribution >= 4 is 49.1 Å². The lowest BCUT2D eigenvalue weighted by molar-refractivity contribution is -0.138. The van der Waals surface area contributed by atoms with Gasteiger partial charge in [-0.2, -0.15) is 0 Å². The van der Waals surface area contributed by atoms with Crippen LogP contribution in [0.3, 0.4) is 0 Å². The molecule has 0 saturated heterocycles. The maximum absolute atomic E-state index is 13.2. The van der Waals surface area contributed by atoms with E-state index in [1.165, 1.54) is 24.9 Å². The van der Waals surface area contributed by atoms with Crippen molar-refractivity contribution in [1.29, 1.82) is 0 Å². The molecule has 1 aliphatic heterocycles. The third kappa shape index (κ3) is 10.2. The molecule has 1 fully saturated rings. The molecule has 7 amide bonds. The van der Waals surface area contributed by atoms with Crippen molar-refractivity contribution in [2.45, 2.75) is 64.5 Å². The first-order chi connectivity index (χ1) is 18.4. The number of carbonyl (C=O) groups is 7. The normalized spacial score (nSPS) is 20.3. The highest BCUT2D eigenvalue weighted by Gasteiger charge is 2.34. The second kappa shape index (κ2) is 15.0. The smallest absolute Gasteiger partial charge is 0.312 e. The van der Waals surface area contributed by atoms with Crippen molar-refractivity contribution in [1.82, 2.24) is 26.2 Å². The molecule has 1 aliphatic carbocycles. The number of amides is 7. The Labute approximate surface area is 228 Å². The number of imide groups is 1. The molecule has 0 radical (unpaired) electrons. The maximum atomic E-state index is 13.2. The van der Waals surface area contributed by atoms with E-state index in [2.05, 4.69) is 21.3 Å². The average molecular weight is 546 g/mol. The van der Waals surface area contributed by atoms with Gasteiger partial charge in [0.2, 0.25) is 17.7 Å². The lowest BCUT2D eigenvalue weighted by atomic mass is 9.81. The van der Waals surface area contributed by atoms with E-state index in [1.807, 2.05) is 0 Å². The van der Waals surface area contributed by atoms with Crippen molar-refractivity contribution in [2.24, 2.45) is 23.5 Å². The Morgan fingerprint density at radius 2 is 1.59 bits per heavy atom. The summed E-state index contributed by atoms with van der Waals surface area (Å²) in [4.78, 5) is 85.9. The summed E-state index contributed by atoms with van der Waals surface area (Å²) in [6.45, 7) is 3.90. The first-order valence-corrected chi connectivity index (χ1v) is 13.3. The minimum absolute atomic E-state index is 0.115. The minimum Gasteiger partial charge on any atom is -0.352 e. The molecule has 1 unspecified atom stereocenters. The van der Waals surface area contributed by atoms with Crippen LogP contribution in [0.1, 0.15) is 52.4 Å². The van der Waals surface area contributed by atoms with E-state index in [4.69, 9.17) is 5.73 Å². The zero-order valence-corrected chi connectivity index (χ0v) is 22.8. The number of nitrogens with one attached hydrogen (secondary N) is 4. The van der Waals surface area contributed by atoms with Crippen LogP contribution in [0.15, 0.2) is 12.2 Å². The largest absolute Gasteiger partial charge is 0.352 e. The van der Waals surface area contributed by atoms with Gasteiger partial charge in [0, 0.05) is 31.2 Å². The summed E-state index contributed by atoms with van der Waals surface area (Å²) in [6, 6.07) is -2.58. The molecule has 6 N–H and O–H groups in total. The van der Waals surface area contributed by atoms with Crippen LogP contribution in [0, 0.1) is 17.8 Å². The maximum Gasteiger partial charge on any atom is 0.312 e. The highest BCUT2D eigenvalue weighted by atomic mass is 16.2. The number of nitrogens with two attached hydrogens (primary N) is 1. The standard InChI is InChI=1S/C25H39BN6O7/c1-14(2)21(24(38)30-17(4-3-11-28-25(27)39)23(37)29-12-18(26)33)31-22(36)16-7-5-15(6-8-16)13-32-19(34)9-10-20(32)35/h9-10,14-17,21H,3-8,11-13,26H2,1-2H3,(H,29,37)(H,30,38)(H,31,36)(H3,27,28,39)/t15?,16?,17-,21?/m0/s1. The van der Waals surface area contributed by atoms with Crippen LogP contribution >= 0.6 is 0 Å². The number of carbonyl (C=O) groups excluding carboxylic acids is 7. The van der Waals surface area contributed by atoms with Crippen LogP contribution < -0.4 is 27.0 Å². The number of hydrogen-bond donors (Lipinski definition) is 5. The molecule has 2 rings (SSSR count). The van der Waals surface area contributed by atoms with Gasteiger partial charge in [0.1, 0.15) is 17.8 Å². The fourth-order valence-corrected chi connectivity index (χ4v) is 4.67. The van der Waals surface area contributed by atoms with E-state index >= 15 is 0 Å². The van der Waals surface area contributed by atoms with Crippen LogP contribution in [0.2, 0.25) is 0 Å². The summed E-state index contributed by atoms with van der Waals surface area (Å²) in [5.74, 6) is -2.45. The van der Waals surface area contributed by atoms with Crippen molar-refractivity contribution in [3.63, 3.8) is 0 Å². The summed E-state index contributed by atoms with van der Waals surface area (Å²) in [7, 11) is 1.32. The molecule has 214 valence electrons. The number of primary amides is 1. The Kier molecular flexibility index (Phi) is 12.1. The van der Waals surface area contributed by atoms with E-state index < -0.39 is 29.9 Å². The van der Waals surface area contributed by atoms with Crippen LogP contribution in [-0.4, -0.2) is 85.7 Å². The van der Waals surface area contributed by atoms with Crippen molar-refractivity contribution in [2.75, 3.05) is 19.6 Å². The fourth-order valence-electron chi connectivity index (χ4n) is 4.67. The molecule has 39 heavy (non-hydrogen) atoms. The highest BCUT2D eigenvalue weighted by Crippen LogP contribution is 2.30. The molecular weight excluding hydrogens is 507 g/mol. The predicted molar refractivity (Wildman–Crippen MR) is 143 cm³/mol. The minimum atomic E-state index is -0.981. The van der Waals surface area contributed by atoms with E-state index in [1.54, 1.807) is 13.8 Å². The van der Waals surface area contributed by atoms with Crippen LogP contribution in [0.25, 0.3) is 0 Å². The van der Waals surface area contributed by atoms with Crippen LogP contribution in [0.5, 0.6) is 0 Å². The third-order valence-corrected chi connectivity index (χ3v) is 6.92. The summed E-state index contributed by atoms with van der Waals surface area (Å²) in [5, 5.41) is 10.4. The molecule has 13 nitrogen and oxygen atoms in total. The zero-order valence-electron chi connectivity index (χ0n) is 22.8. The molecular formula is C25H39BN6O7. The summed E-state index contributed by atoms with van der Waals surface area (Å²) >= 11 is 0. The first kappa shape index (κ1) is 31.5. The Morgan fingerprint density at radius 3 is 2.13 bits per heavy atom.